The molecule has 0 saturated carbocycles. The Hall–Kier alpha value is -3.51. The lowest BCUT2D eigenvalue weighted by molar-refractivity contribution is -0.121. The number of likely N-dealkylation sites (tertiary alicyclic amines) is 1. The summed E-state index contributed by atoms with van der Waals surface area (Å²) in [6, 6.07) is 22.6. The molecule has 0 aliphatic carbocycles. The number of amides is 1. The molecule has 1 aliphatic heterocycles. The number of halogens is 1. The van der Waals surface area contributed by atoms with E-state index < -0.39 is 0 Å². The van der Waals surface area contributed by atoms with Crippen LogP contribution in [0.4, 0.5) is 10.1 Å². The fourth-order valence-corrected chi connectivity index (χ4v) is 4.80. The third-order valence-electron chi connectivity index (χ3n) is 6.69. The Morgan fingerprint density at radius 2 is 1.71 bits per heavy atom. The first kappa shape index (κ1) is 22.3. The van der Waals surface area contributed by atoms with Crippen LogP contribution in [0.5, 0.6) is 0 Å². The maximum Gasteiger partial charge on any atom is 0.227 e. The third-order valence-corrected chi connectivity index (χ3v) is 6.69. The molecule has 174 valence electrons. The van der Waals surface area contributed by atoms with Gasteiger partial charge < -0.3 is 5.32 Å². The molecule has 1 aromatic heterocycles. The molecule has 4 aromatic rings. The molecule has 2 heterocycles. The van der Waals surface area contributed by atoms with Gasteiger partial charge in [0, 0.05) is 17.3 Å². The van der Waals surface area contributed by atoms with Crippen molar-refractivity contribution in [3.63, 3.8) is 0 Å². The highest BCUT2D eigenvalue weighted by atomic mass is 19.1. The highest BCUT2D eigenvalue weighted by Gasteiger charge is 2.26. The minimum absolute atomic E-state index is 0.0112. The number of rotatable bonds is 6. The average Bonchev–Trinajstić information content (AvgIpc) is 3.23. The zero-order valence-electron chi connectivity index (χ0n) is 19.4. The Morgan fingerprint density at radius 3 is 2.47 bits per heavy atom. The predicted octanol–water partition coefficient (Wildman–Crippen LogP) is 5.58. The number of aromatic nitrogens is 2. The number of hydrogen-bond donors (Lipinski definition) is 1. The van der Waals surface area contributed by atoms with Gasteiger partial charge >= 0.3 is 0 Å². The normalized spacial score (nSPS) is 15.0. The summed E-state index contributed by atoms with van der Waals surface area (Å²) in [7, 11) is 0. The largest absolute Gasteiger partial charge is 0.326 e. The zero-order chi connectivity index (χ0) is 23.5. The molecule has 5 nitrogen and oxygen atoms in total. The van der Waals surface area contributed by atoms with Gasteiger partial charge in [0.25, 0.3) is 0 Å². The summed E-state index contributed by atoms with van der Waals surface area (Å²) in [6.45, 7) is 4.45. The van der Waals surface area contributed by atoms with Crippen LogP contribution < -0.4 is 5.32 Å². The van der Waals surface area contributed by atoms with Gasteiger partial charge in [-0.05, 0) is 80.4 Å². The van der Waals surface area contributed by atoms with Crippen LogP contribution in [0.2, 0.25) is 0 Å². The van der Waals surface area contributed by atoms with E-state index in [1.807, 2.05) is 42.5 Å². The lowest BCUT2D eigenvalue weighted by Crippen LogP contribution is -2.38. The van der Waals surface area contributed by atoms with Crippen molar-refractivity contribution in [2.45, 2.75) is 32.7 Å². The number of imidazole rings is 1. The van der Waals surface area contributed by atoms with Gasteiger partial charge in [-0.15, -0.1) is 0 Å². The number of anilines is 1. The van der Waals surface area contributed by atoms with E-state index in [9.17, 15) is 9.18 Å². The van der Waals surface area contributed by atoms with Crippen molar-refractivity contribution in [1.29, 1.82) is 0 Å². The van der Waals surface area contributed by atoms with Gasteiger partial charge in [0.1, 0.15) is 11.6 Å². The zero-order valence-corrected chi connectivity index (χ0v) is 19.4. The molecular weight excluding hydrogens is 427 g/mol. The number of carbonyl (C=O) groups excluding carboxylic acids is 1. The molecule has 1 aliphatic rings. The first-order valence-corrected chi connectivity index (χ1v) is 12.0. The summed E-state index contributed by atoms with van der Waals surface area (Å²) in [5.41, 5.74) is 4.91. The van der Waals surface area contributed by atoms with Crippen LogP contribution in [0.1, 0.15) is 31.2 Å². The van der Waals surface area contributed by atoms with E-state index in [1.54, 1.807) is 12.1 Å². The quantitative estimate of drug-likeness (QED) is 0.412. The number of para-hydroxylation sites is 3. The summed E-state index contributed by atoms with van der Waals surface area (Å²) in [6.07, 6.45) is 2.53. The predicted molar refractivity (Wildman–Crippen MR) is 133 cm³/mol. The standard InChI is InChI=1S/C28H29FN4O/c1-2-20-7-3-4-8-24(20)31-28(34)21-15-17-32(18-16-21)19-27-30-25-9-5-6-10-26(25)33(27)23-13-11-22(29)12-14-23/h3-14,21H,2,15-19H2,1H3,(H,31,34). The van der Waals surface area contributed by atoms with E-state index in [1.165, 1.54) is 12.1 Å². The van der Waals surface area contributed by atoms with Crippen molar-refractivity contribution in [2.24, 2.45) is 5.92 Å². The second kappa shape index (κ2) is 9.77. The van der Waals surface area contributed by atoms with Crippen LogP contribution in [0.3, 0.4) is 0 Å². The van der Waals surface area contributed by atoms with Crippen LogP contribution in [-0.4, -0.2) is 33.4 Å². The van der Waals surface area contributed by atoms with Crippen molar-refractivity contribution in [3.8, 4) is 5.69 Å². The Balaban J connectivity index is 1.29. The van der Waals surface area contributed by atoms with Crippen molar-refractivity contribution < 1.29 is 9.18 Å². The van der Waals surface area contributed by atoms with Crippen LogP contribution >= 0.6 is 0 Å². The second-order valence-corrected chi connectivity index (χ2v) is 8.88. The number of carbonyl (C=O) groups is 1. The van der Waals surface area contributed by atoms with Crippen molar-refractivity contribution in [1.82, 2.24) is 14.5 Å². The summed E-state index contributed by atoms with van der Waals surface area (Å²) in [5.74, 6) is 0.792. The SMILES string of the molecule is CCc1ccccc1NC(=O)C1CCN(Cc2nc3ccccc3n2-c2ccc(F)cc2)CC1. The van der Waals surface area contributed by atoms with Crippen LogP contribution in [0.25, 0.3) is 16.7 Å². The maximum absolute atomic E-state index is 13.5. The molecule has 0 bridgehead atoms. The van der Waals surface area contributed by atoms with Gasteiger partial charge in [-0.2, -0.15) is 0 Å². The Bertz CT molecular complexity index is 1290. The van der Waals surface area contributed by atoms with E-state index in [2.05, 4.69) is 27.8 Å². The van der Waals surface area contributed by atoms with E-state index in [4.69, 9.17) is 4.98 Å². The lowest BCUT2D eigenvalue weighted by Gasteiger charge is -2.31. The molecule has 0 atom stereocenters. The number of fused-ring (bicyclic) bond motifs is 1. The first-order valence-electron chi connectivity index (χ1n) is 12.0. The molecule has 1 saturated heterocycles. The van der Waals surface area contributed by atoms with Gasteiger partial charge in [-0.25, -0.2) is 9.37 Å². The van der Waals surface area contributed by atoms with Gasteiger partial charge in [0.15, 0.2) is 0 Å². The third kappa shape index (κ3) is 4.59. The monoisotopic (exact) mass is 456 g/mol. The molecule has 1 amide bonds. The Morgan fingerprint density at radius 1 is 1.00 bits per heavy atom. The van der Waals surface area contributed by atoms with Crippen LogP contribution in [0, 0.1) is 11.7 Å². The summed E-state index contributed by atoms with van der Waals surface area (Å²) in [4.78, 5) is 20.1. The average molecular weight is 457 g/mol. The van der Waals surface area contributed by atoms with Crippen molar-refractivity contribution >= 4 is 22.6 Å². The van der Waals surface area contributed by atoms with Crippen molar-refractivity contribution in [2.75, 3.05) is 18.4 Å². The van der Waals surface area contributed by atoms with Crippen LogP contribution in [0.15, 0.2) is 72.8 Å². The Kier molecular flexibility index (Phi) is 6.41. The number of piperidine rings is 1. The highest BCUT2D eigenvalue weighted by molar-refractivity contribution is 5.93. The molecule has 0 spiro atoms. The number of nitrogens with one attached hydrogen (secondary N) is 1. The molecule has 5 rings (SSSR count). The number of aryl methyl sites for hydroxylation is 1. The van der Waals surface area contributed by atoms with Gasteiger partial charge in [-0.3, -0.25) is 14.3 Å². The van der Waals surface area contributed by atoms with E-state index in [-0.39, 0.29) is 17.6 Å². The molecule has 34 heavy (non-hydrogen) atoms. The minimum atomic E-state index is -0.253. The molecule has 6 heteroatoms. The topological polar surface area (TPSA) is 50.2 Å². The molecule has 1 fully saturated rings. The molecule has 0 radical (unpaired) electrons. The molecule has 3 aromatic carbocycles. The highest BCUT2D eigenvalue weighted by Crippen LogP contribution is 2.26. The minimum Gasteiger partial charge on any atom is -0.326 e. The van der Waals surface area contributed by atoms with E-state index in [0.29, 0.717) is 6.54 Å². The summed E-state index contributed by atoms with van der Waals surface area (Å²) < 4.78 is 15.6. The van der Waals surface area contributed by atoms with E-state index >= 15 is 0 Å². The lowest BCUT2D eigenvalue weighted by atomic mass is 9.95. The van der Waals surface area contributed by atoms with Gasteiger partial charge in [-0.1, -0.05) is 37.3 Å². The number of nitrogens with zero attached hydrogens (tertiary/aromatic N) is 3. The van der Waals surface area contributed by atoms with E-state index in [0.717, 1.165) is 66.1 Å². The first-order chi connectivity index (χ1) is 16.6. The van der Waals surface area contributed by atoms with Crippen LogP contribution in [-0.2, 0) is 17.8 Å². The smallest absolute Gasteiger partial charge is 0.227 e. The summed E-state index contributed by atoms with van der Waals surface area (Å²) >= 11 is 0. The Labute approximate surface area is 199 Å². The van der Waals surface area contributed by atoms with Gasteiger partial charge in [0.05, 0.1) is 17.6 Å². The number of hydrogen-bond acceptors (Lipinski definition) is 3. The molecule has 1 N–H and O–H groups in total. The second-order valence-electron chi connectivity index (χ2n) is 8.88. The fraction of sp³-hybridized carbons (Fsp3) is 0.286. The molecule has 0 unspecified atom stereocenters. The van der Waals surface area contributed by atoms with Crippen molar-refractivity contribution in [3.05, 3.63) is 90.0 Å². The summed E-state index contributed by atoms with van der Waals surface area (Å²) in [5, 5.41) is 3.14. The van der Waals surface area contributed by atoms with Gasteiger partial charge in [0.2, 0.25) is 5.91 Å². The number of benzene rings is 3. The molecular formula is C28H29FN4O. The maximum atomic E-state index is 13.5. The fourth-order valence-electron chi connectivity index (χ4n) is 4.80.